The van der Waals surface area contributed by atoms with E-state index in [9.17, 15) is 4.79 Å². The number of carbonyl (C=O) groups excluding carboxylic acids is 1. The van der Waals surface area contributed by atoms with Crippen LogP contribution in [0.5, 0.6) is 0 Å². The van der Waals surface area contributed by atoms with E-state index in [-0.39, 0.29) is 11.9 Å². The molecule has 3 aromatic rings. The molecule has 0 aliphatic carbocycles. The normalized spacial score (nSPS) is 18.2. The van der Waals surface area contributed by atoms with Crippen molar-refractivity contribution in [2.45, 2.75) is 31.8 Å². The highest BCUT2D eigenvalue weighted by molar-refractivity contribution is 6.04. The lowest BCUT2D eigenvalue weighted by Gasteiger charge is -2.35. The highest BCUT2D eigenvalue weighted by Crippen LogP contribution is 2.23. The zero-order valence-electron chi connectivity index (χ0n) is 13.5. The van der Waals surface area contributed by atoms with Gasteiger partial charge in [0, 0.05) is 26.0 Å². The van der Waals surface area contributed by atoms with Crippen LogP contribution in [0.25, 0.3) is 11.2 Å². The molecule has 4 rings (SSSR count). The lowest BCUT2D eigenvalue weighted by Crippen LogP contribution is -2.46. The van der Waals surface area contributed by atoms with Crippen LogP contribution in [0.3, 0.4) is 0 Å². The van der Waals surface area contributed by atoms with Crippen LogP contribution in [0.15, 0.2) is 31.0 Å². The van der Waals surface area contributed by atoms with Gasteiger partial charge in [-0.25, -0.2) is 9.97 Å². The molecule has 0 bridgehead atoms. The number of nitrogens with zero attached hydrogens (tertiary/aromatic N) is 7. The summed E-state index contributed by atoms with van der Waals surface area (Å²) in [5.41, 5.74) is 2.01. The number of rotatable bonds is 3. The van der Waals surface area contributed by atoms with Gasteiger partial charge < -0.3 is 9.47 Å². The second-order valence-electron chi connectivity index (χ2n) is 6.16. The van der Waals surface area contributed by atoms with Crippen LogP contribution in [0.2, 0.25) is 0 Å². The third kappa shape index (κ3) is 2.53. The molecule has 1 saturated heterocycles. The van der Waals surface area contributed by atoms with Gasteiger partial charge in [-0.1, -0.05) is 5.21 Å². The van der Waals surface area contributed by atoms with Crippen molar-refractivity contribution in [3.8, 4) is 0 Å². The fraction of sp³-hybridized carbons (Fsp3) is 0.438. The third-order valence-corrected chi connectivity index (χ3v) is 4.59. The summed E-state index contributed by atoms with van der Waals surface area (Å²) in [4.78, 5) is 23.8. The number of aryl methyl sites for hydroxylation is 1. The summed E-state index contributed by atoms with van der Waals surface area (Å²) in [5, 5.41) is 7.88. The Labute approximate surface area is 139 Å². The second kappa shape index (κ2) is 6.03. The molecule has 0 spiro atoms. The number of likely N-dealkylation sites (tertiary alicyclic amines) is 1. The Morgan fingerprint density at radius 2 is 2.21 bits per heavy atom. The first-order chi connectivity index (χ1) is 11.7. The van der Waals surface area contributed by atoms with E-state index in [1.54, 1.807) is 29.5 Å². The maximum Gasteiger partial charge on any atom is 0.256 e. The van der Waals surface area contributed by atoms with Crippen LogP contribution in [0.4, 0.5) is 0 Å². The van der Waals surface area contributed by atoms with Crippen molar-refractivity contribution in [3.05, 3.63) is 36.5 Å². The van der Waals surface area contributed by atoms with Gasteiger partial charge in [0.15, 0.2) is 5.65 Å². The van der Waals surface area contributed by atoms with Gasteiger partial charge >= 0.3 is 0 Å². The molecule has 0 N–H and O–H groups in total. The molecule has 1 unspecified atom stereocenters. The Balaban J connectivity index is 1.65. The fourth-order valence-electron chi connectivity index (χ4n) is 3.36. The smallest absolute Gasteiger partial charge is 0.256 e. The lowest BCUT2D eigenvalue weighted by molar-refractivity contribution is 0.0585. The van der Waals surface area contributed by atoms with E-state index in [0.717, 1.165) is 31.5 Å². The largest absolute Gasteiger partial charge is 0.334 e. The van der Waals surface area contributed by atoms with Gasteiger partial charge in [-0.05, 0) is 25.3 Å². The highest BCUT2D eigenvalue weighted by atomic mass is 16.2. The van der Waals surface area contributed by atoms with E-state index in [1.165, 1.54) is 0 Å². The van der Waals surface area contributed by atoms with E-state index >= 15 is 0 Å². The van der Waals surface area contributed by atoms with Crippen molar-refractivity contribution < 1.29 is 4.79 Å². The number of piperidine rings is 1. The van der Waals surface area contributed by atoms with Gasteiger partial charge in [0.1, 0.15) is 5.52 Å². The van der Waals surface area contributed by atoms with Gasteiger partial charge in [-0.2, -0.15) is 0 Å². The Hall–Kier alpha value is -2.77. The van der Waals surface area contributed by atoms with E-state index in [4.69, 9.17) is 0 Å². The zero-order valence-corrected chi connectivity index (χ0v) is 13.5. The predicted octanol–water partition coefficient (Wildman–Crippen LogP) is 1.25. The molecule has 0 aromatic carbocycles. The molecule has 24 heavy (non-hydrogen) atoms. The van der Waals surface area contributed by atoms with Gasteiger partial charge in [0.25, 0.3) is 5.91 Å². The molecule has 8 nitrogen and oxygen atoms in total. The van der Waals surface area contributed by atoms with Crippen molar-refractivity contribution in [3.63, 3.8) is 0 Å². The molecule has 3 aromatic heterocycles. The molecule has 1 amide bonds. The predicted molar refractivity (Wildman–Crippen MR) is 87.2 cm³/mol. The molecule has 1 fully saturated rings. The summed E-state index contributed by atoms with van der Waals surface area (Å²) < 4.78 is 3.62. The molecular weight excluding hydrogens is 306 g/mol. The summed E-state index contributed by atoms with van der Waals surface area (Å²) in [5.74, 6) is 0.0194. The van der Waals surface area contributed by atoms with Crippen LogP contribution in [0, 0.1) is 0 Å². The van der Waals surface area contributed by atoms with Crippen molar-refractivity contribution in [1.82, 2.24) is 34.4 Å². The molecule has 0 saturated carbocycles. The van der Waals surface area contributed by atoms with Gasteiger partial charge in [-0.3, -0.25) is 9.48 Å². The van der Waals surface area contributed by atoms with Crippen LogP contribution in [-0.4, -0.2) is 52.9 Å². The standard InChI is InChI=1S/C16H19N7O/c1-21-11-18-14-13(5-6-17-15(14)21)16(24)23-8-3-2-4-12(23)10-22-9-7-19-20-22/h5-7,9,11-12H,2-4,8,10H2,1H3. The first-order valence-corrected chi connectivity index (χ1v) is 8.15. The van der Waals surface area contributed by atoms with Crippen LogP contribution >= 0.6 is 0 Å². The Morgan fingerprint density at radius 3 is 3.04 bits per heavy atom. The maximum absolute atomic E-state index is 13.2. The summed E-state index contributed by atoms with van der Waals surface area (Å²) >= 11 is 0. The molecule has 1 aliphatic rings. The molecule has 4 heterocycles. The number of carbonyl (C=O) groups is 1. The number of amides is 1. The van der Waals surface area contributed by atoms with Gasteiger partial charge in [0.2, 0.25) is 0 Å². The van der Waals surface area contributed by atoms with Crippen molar-refractivity contribution in [2.75, 3.05) is 6.54 Å². The summed E-state index contributed by atoms with van der Waals surface area (Å²) in [6, 6.07) is 1.89. The lowest BCUT2D eigenvalue weighted by atomic mass is 10.0. The molecule has 1 aliphatic heterocycles. The van der Waals surface area contributed by atoms with Crippen molar-refractivity contribution in [1.29, 1.82) is 0 Å². The Bertz CT molecular complexity index is 855. The van der Waals surface area contributed by atoms with Crippen LogP contribution in [0.1, 0.15) is 29.6 Å². The summed E-state index contributed by atoms with van der Waals surface area (Å²) in [6.07, 6.45) is 9.98. The Morgan fingerprint density at radius 1 is 1.29 bits per heavy atom. The van der Waals surface area contributed by atoms with Gasteiger partial charge in [-0.15, -0.1) is 5.10 Å². The number of hydrogen-bond acceptors (Lipinski definition) is 5. The van der Waals surface area contributed by atoms with Gasteiger partial charge in [0.05, 0.1) is 30.7 Å². The molecular formula is C16H19N7O. The summed E-state index contributed by atoms with van der Waals surface area (Å²) in [6.45, 7) is 1.43. The molecule has 124 valence electrons. The number of fused-ring (bicyclic) bond motifs is 1. The maximum atomic E-state index is 13.2. The van der Waals surface area contributed by atoms with Crippen LogP contribution in [-0.2, 0) is 13.6 Å². The molecule has 1 atom stereocenters. The molecule has 0 radical (unpaired) electrons. The number of aromatic nitrogens is 6. The second-order valence-corrected chi connectivity index (χ2v) is 6.16. The highest BCUT2D eigenvalue weighted by Gasteiger charge is 2.29. The summed E-state index contributed by atoms with van der Waals surface area (Å²) in [7, 11) is 1.88. The minimum absolute atomic E-state index is 0.0194. The quantitative estimate of drug-likeness (QED) is 0.724. The fourth-order valence-corrected chi connectivity index (χ4v) is 3.36. The van der Waals surface area contributed by atoms with E-state index in [1.807, 2.05) is 22.7 Å². The number of pyridine rings is 1. The van der Waals surface area contributed by atoms with E-state index in [0.29, 0.717) is 17.6 Å². The van der Waals surface area contributed by atoms with Crippen molar-refractivity contribution in [2.24, 2.45) is 7.05 Å². The first-order valence-electron chi connectivity index (χ1n) is 8.15. The number of hydrogen-bond donors (Lipinski definition) is 0. The minimum Gasteiger partial charge on any atom is -0.334 e. The Kier molecular flexibility index (Phi) is 3.72. The average Bonchev–Trinajstić information content (AvgIpc) is 3.25. The molecule has 8 heteroatoms. The zero-order chi connectivity index (χ0) is 16.5. The third-order valence-electron chi connectivity index (χ3n) is 4.59. The first kappa shape index (κ1) is 14.8. The topological polar surface area (TPSA) is 81.7 Å². The minimum atomic E-state index is 0.0194. The monoisotopic (exact) mass is 325 g/mol. The number of imidazole rings is 1. The SMILES string of the molecule is Cn1cnc2c(C(=O)N3CCCCC3Cn3ccnn3)ccnc21. The van der Waals surface area contributed by atoms with Crippen molar-refractivity contribution >= 4 is 17.1 Å². The van der Waals surface area contributed by atoms with Crippen LogP contribution < -0.4 is 0 Å². The van der Waals surface area contributed by atoms with E-state index in [2.05, 4.69) is 20.3 Å². The average molecular weight is 325 g/mol. The van der Waals surface area contributed by atoms with E-state index < -0.39 is 0 Å².